The van der Waals surface area contributed by atoms with E-state index in [1.807, 2.05) is 47.0 Å². The van der Waals surface area contributed by atoms with Crippen LogP contribution in [0.25, 0.3) is 0 Å². The van der Waals surface area contributed by atoms with Crippen LogP contribution in [-0.4, -0.2) is 30.1 Å². The van der Waals surface area contributed by atoms with E-state index in [1.54, 1.807) is 12.1 Å². The van der Waals surface area contributed by atoms with E-state index in [0.29, 0.717) is 23.5 Å². The minimum absolute atomic E-state index is 0.0793. The second-order valence-electron chi connectivity index (χ2n) is 9.05. The maximum atomic E-state index is 13.5. The number of carbonyl (C=O) groups excluding carboxylic acids is 1. The molecule has 1 saturated carbocycles. The van der Waals surface area contributed by atoms with Crippen molar-refractivity contribution in [3.05, 3.63) is 60.4 Å². The van der Waals surface area contributed by atoms with E-state index >= 15 is 0 Å². The van der Waals surface area contributed by atoms with Gasteiger partial charge in [-0.3, -0.25) is 4.79 Å². The van der Waals surface area contributed by atoms with Gasteiger partial charge in [0.1, 0.15) is 11.6 Å². The van der Waals surface area contributed by atoms with Crippen LogP contribution < -0.4 is 9.64 Å². The van der Waals surface area contributed by atoms with Crippen LogP contribution in [0.3, 0.4) is 0 Å². The van der Waals surface area contributed by atoms with E-state index in [2.05, 4.69) is 0 Å². The van der Waals surface area contributed by atoms with Crippen molar-refractivity contribution in [3.63, 3.8) is 0 Å². The first-order chi connectivity index (χ1) is 15.7. The molecular weight excluding hydrogens is 421 g/mol. The first kappa shape index (κ1) is 23.2. The van der Waals surface area contributed by atoms with Gasteiger partial charge < -0.3 is 9.64 Å². The Kier molecular flexibility index (Phi) is 8.49. The molecule has 1 aliphatic heterocycles. The van der Waals surface area contributed by atoms with Crippen LogP contribution in [0.1, 0.15) is 51.4 Å². The molecule has 2 aromatic rings. The zero-order valence-corrected chi connectivity index (χ0v) is 19.6. The smallest absolute Gasteiger partial charge is 0.264 e. The fraction of sp³-hybridized carbons (Fsp3) is 0.519. The highest BCUT2D eigenvalue weighted by molar-refractivity contribution is 8.00. The molecule has 1 heterocycles. The van der Waals surface area contributed by atoms with Crippen molar-refractivity contribution in [2.45, 2.75) is 56.6 Å². The third-order valence-electron chi connectivity index (χ3n) is 6.91. The van der Waals surface area contributed by atoms with Gasteiger partial charge in [-0.15, -0.1) is 0 Å². The van der Waals surface area contributed by atoms with Crippen molar-refractivity contribution in [3.8, 4) is 5.75 Å². The lowest BCUT2D eigenvalue weighted by atomic mass is 9.79. The largest absolute Gasteiger partial charge is 0.484 e. The molecule has 3 nitrogen and oxygen atoms in total. The fourth-order valence-corrected chi connectivity index (χ4v) is 6.80. The highest BCUT2D eigenvalue weighted by Crippen LogP contribution is 2.42. The summed E-state index contributed by atoms with van der Waals surface area (Å²) in [5, 5.41) is 0.456. The summed E-state index contributed by atoms with van der Waals surface area (Å²) in [5.74, 6) is 2.59. The number of anilines is 1. The Bertz CT molecular complexity index is 854. The molecule has 0 bridgehead atoms. The molecule has 172 valence electrons. The Labute approximate surface area is 195 Å². The van der Waals surface area contributed by atoms with Crippen LogP contribution in [0, 0.1) is 17.7 Å². The molecule has 2 aliphatic rings. The minimum Gasteiger partial charge on any atom is -0.484 e. The molecule has 5 heteroatoms. The zero-order valence-electron chi connectivity index (χ0n) is 18.8. The summed E-state index contributed by atoms with van der Waals surface area (Å²) in [4.78, 5) is 15.2. The lowest BCUT2D eigenvalue weighted by Crippen LogP contribution is -2.41. The minimum atomic E-state index is -0.362. The van der Waals surface area contributed by atoms with E-state index in [4.69, 9.17) is 4.74 Å². The normalized spacial score (nSPS) is 22.2. The molecule has 1 aliphatic carbocycles. The lowest BCUT2D eigenvalue weighted by Gasteiger charge is -2.33. The Morgan fingerprint density at radius 1 is 0.969 bits per heavy atom. The van der Waals surface area contributed by atoms with Crippen molar-refractivity contribution in [1.82, 2.24) is 0 Å². The van der Waals surface area contributed by atoms with E-state index in [1.165, 1.54) is 69.3 Å². The van der Waals surface area contributed by atoms with Gasteiger partial charge in [0, 0.05) is 23.5 Å². The van der Waals surface area contributed by atoms with Crippen molar-refractivity contribution in [1.29, 1.82) is 0 Å². The molecule has 2 unspecified atom stereocenters. The molecule has 4 rings (SSSR count). The second-order valence-corrected chi connectivity index (χ2v) is 10.4. The predicted molar refractivity (Wildman–Crippen MR) is 131 cm³/mol. The van der Waals surface area contributed by atoms with Gasteiger partial charge in [0.25, 0.3) is 5.91 Å². The van der Waals surface area contributed by atoms with Crippen LogP contribution >= 0.6 is 11.8 Å². The van der Waals surface area contributed by atoms with Gasteiger partial charge in [-0.25, -0.2) is 4.39 Å². The number of hydrogen-bond acceptors (Lipinski definition) is 3. The monoisotopic (exact) mass is 455 g/mol. The number of ether oxygens (including phenoxy) is 1. The Balaban J connectivity index is 1.45. The molecule has 0 radical (unpaired) electrons. The Hall–Kier alpha value is -2.01. The SMILES string of the molecule is O=C(COc1cccc(F)c1)N(CC1SCCC1C1CCCCCCC1)c1ccccc1. The maximum Gasteiger partial charge on any atom is 0.264 e. The number of halogens is 1. The third kappa shape index (κ3) is 6.28. The second kappa shape index (κ2) is 11.7. The number of rotatable bonds is 7. The van der Waals surface area contributed by atoms with Gasteiger partial charge in [0.05, 0.1) is 0 Å². The lowest BCUT2D eigenvalue weighted by molar-refractivity contribution is -0.120. The molecule has 2 atom stereocenters. The van der Waals surface area contributed by atoms with Crippen LogP contribution in [0.15, 0.2) is 54.6 Å². The van der Waals surface area contributed by atoms with E-state index in [0.717, 1.165) is 11.6 Å². The molecule has 2 aromatic carbocycles. The number of nitrogens with zero attached hydrogens (tertiary/aromatic N) is 1. The highest BCUT2D eigenvalue weighted by atomic mass is 32.2. The van der Waals surface area contributed by atoms with Gasteiger partial charge in [-0.05, 0) is 48.3 Å². The number of hydrogen-bond donors (Lipinski definition) is 0. The quantitative estimate of drug-likeness (QED) is 0.464. The standard InChI is InChI=1S/C27H34FNO2S/c28-22-12-9-15-24(18-22)31-20-27(30)29(23-13-7-4-8-14-23)19-26-25(16-17-32-26)21-10-5-2-1-3-6-11-21/h4,7-9,12-15,18,21,25-26H,1-3,5-6,10-11,16-17,19-20H2. The summed E-state index contributed by atoms with van der Waals surface area (Å²) in [6, 6.07) is 15.9. The highest BCUT2D eigenvalue weighted by Gasteiger charge is 2.36. The van der Waals surface area contributed by atoms with Crippen molar-refractivity contribution in [2.24, 2.45) is 11.8 Å². The van der Waals surface area contributed by atoms with Gasteiger partial charge in [0.2, 0.25) is 0 Å². The van der Waals surface area contributed by atoms with E-state index < -0.39 is 0 Å². The van der Waals surface area contributed by atoms with Crippen LogP contribution in [0.4, 0.5) is 10.1 Å². The van der Waals surface area contributed by atoms with Crippen molar-refractivity contribution < 1.29 is 13.9 Å². The summed E-state index contributed by atoms with van der Waals surface area (Å²) < 4.78 is 19.1. The molecule has 32 heavy (non-hydrogen) atoms. The molecular formula is C27H34FNO2S. The zero-order chi connectivity index (χ0) is 22.2. The topological polar surface area (TPSA) is 29.5 Å². The number of amides is 1. The van der Waals surface area contributed by atoms with E-state index in [-0.39, 0.29) is 18.3 Å². The predicted octanol–water partition coefficient (Wildman–Crippen LogP) is 6.72. The number of carbonyl (C=O) groups is 1. The first-order valence-corrected chi connectivity index (χ1v) is 13.1. The van der Waals surface area contributed by atoms with Crippen molar-refractivity contribution in [2.75, 3.05) is 23.8 Å². The number of thioether (sulfide) groups is 1. The third-order valence-corrected chi connectivity index (χ3v) is 8.30. The Morgan fingerprint density at radius 3 is 2.47 bits per heavy atom. The summed E-state index contributed by atoms with van der Waals surface area (Å²) in [5.41, 5.74) is 0.907. The van der Waals surface area contributed by atoms with Crippen LogP contribution in [0.5, 0.6) is 5.75 Å². The summed E-state index contributed by atoms with van der Waals surface area (Å²) in [6.45, 7) is 0.616. The molecule has 2 fully saturated rings. The van der Waals surface area contributed by atoms with Gasteiger partial charge >= 0.3 is 0 Å². The first-order valence-electron chi connectivity index (χ1n) is 12.1. The van der Waals surface area contributed by atoms with Gasteiger partial charge in [-0.1, -0.05) is 69.2 Å². The van der Waals surface area contributed by atoms with E-state index in [9.17, 15) is 9.18 Å². The molecule has 0 N–H and O–H groups in total. The molecule has 1 saturated heterocycles. The summed E-state index contributed by atoms with van der Waals surface area (Å²) in [7, 11) is 0. The summed E-state index contributed by atoms with van der Waals surface area (Å²) in [6.07, 6.45) is 10.8. The summed E-state index contributed by atoms with van der Waals surface area (Å²) >= 11 is 2.03. The van der Waals surface area contributed by atoms with Crippen molar-refractivity contribution >= 4 is 23.4 Å². The maximum absolute atomic E-state index is 13.5. The van der Waals surface area contributed by atoms with Crippen LogP contribution in [0.2, 0.25) is 0 Å². The molecule has 1 amide bonds. The number of para-hydroxylation sites is 1. The fourth-order valence-electron chi connectivity index (χ4n) is 5.23. The molecule has 0 aromatic heterocycles. The van der Waals surface area contributed by atoms with Crippen LogP contribution in [-0.2, 0) is 4.79 Å². The average molecular weight is 456 g/mol. The average Bonchev–Trinajstić information content (AvgIpc) is 3.24. The Morgan fingerprint density at radius 2 is 1.72 bits per heavy atom. The van der Waals surface area contributed by atoms with Gasteiger partial charge in [0.15, 0.2) is 6.61 Å². The molecule has 0 spiro atoms. The van der Waals surface area contributed by atoms with Gasteiger partial charge in [-0.2, -0.15) is 11.8 Å². The number of benzene rings is 2.